The largest absolute Gasteiger partial charge is 0.381 e. The summed E-state index contributed by atoms with van der Waals surface area (Å²) in [5, 5.41) is 10.5. The molecule has 1 aromatic rings. The topological polar surface area (TPSA) is 68.5 Å². The summed E-state index contributed by atoms with van der Waals surface area (Å²) < 4.78 is 5.31. The van der Waals surface area contributed by atoms with Gasteiger partial charge in [0.2, 0.25) is 0 Å². The van der Waals surface area contributed by atoms with Gasteiger partial charge >= 0.3 is 5.82 Å². The van der Waals surface area contributed by atoms with Crippen molar-refractivity contribution in [3.05, 3.63) is 28.4 Å². The molecular formula is C11H15N3O3. The zero-order chi connectivity index (χ0) is 12.3. The number of aromatic nitrogens is 1. The molecule has 1 fully saturated rings. The van der Waals surface area contributed by atoms with Crippen molar-refractivity contribution < 1.29 is 9.66 Å². The van der Waals surface area contributed by atoms with Gasteiger partial charge in [-0.3, -0.25) is 0 Å². The fraction of sp³-hybridized carbons (Fsp3) is 0.545. The van der Waals surface area contributed by atoms with Crippen molar-refractivity contribution in [3.8, 4) is 0 Å². The molecule has 2 heterocycles. The normalized spacial score (nSPS) is 19.2. The molecule has 6 heteroatoms. The van der Waals surface area contributed by atoms with E-state index in [0.29, 0.717) is 5.92 Å². The summed E-state index contributed by atoms with van der Waals surface area (Å²) in [5.41, 5.74) is 0.891. The molecule has 0 spiro atoms. The minimum Gasteiger partial charge on any atom is -0.381 e. The van der Waals surface area contributed by atoms with Crippen LogP contribution in [0.3, 0.4) is 0 Å². The summed E-state index contributed by atoms with van der Waals surface area (Å²) in [4.78, 5) is 15.8. The van der Waals surface area contributed by atoms with Crippen molar-refractivity contribution >= 4 is 11.5 Å². The lowest BCUT2D eigenvalue weighted by atomic mass is 10.1. The molecule has 92 valence electrons. The van der Waals surface area contributed by atoms with Crippen LogP contribution in [0.1, 0.15) is 6.42 Å². The highest BCUT2D eigenvalue weighted by molar-refractivity contribution is 5.45. The second-order valence-corrected chi connectivity index (χ2v) is 4.24. The highest BCUT2D eigenvalue weighted by Gasteiger charge is 2.18. The summed E-state index contributed by atoms with van der Waals surface area (Å²) in [5.74, 6) is 0.418. The third-order valence-electron chi connectivity index (χ3n) is 2.92. The van der Waals surface area contributed by atoms with Crippen molar-refractivity contribution in [2.45, 2.75) is 6.42 Å². The number of nitrogens with zero attached hydrogens (tertiary/aromatic N) is 3. The van der Waals surface area contributed by atoms with E-state index in [1.54, 1.807) is 6.07 Å². The number of anilines is 1. The molecule has 1 aliphatic heterocycles. The summed E-state index contributed by atoms with van der Waals surface area (Å²) >= 11 is 0. The summed E-state index contributed by atoms with van der Waals surface area (Å²) in [6.45, 7) is 2.52. The zero-order valence-electron chi connectivity index (χ0n) is 9.70. The van der Waals surface area contributed by atoms with Crippen LogP contribution in [0.25, 0.3) is 0 Å². The van der Waals surface area contributed by atoms with Crippen LogP contribution in [-0.2, 0) is 4.74 Å². The third-order valence-corrected chi connectivity index (χ3v) is 2.92. The Labute approximate surface area is 99.4 Å². The molecule has 0 bridgehead atoms. The molecule has 0 saturated carbocycles. The first kappa shape index (κ1) is 11.8. The Morgan fingerprint density at radius 1 is 1.65 bits per heavy atom. The summed E-state index contributed by atoms with van der Waals surface area (Å²) in [7, 11) is 1.96. The van der Waals surface area contributed by atoms with Crippen molar-refractivity contribution in [2.75, 3.05) is 31.7 Å². The number of pyridine rings is 1. The SMILES string of the molecule is CN(C[C@@H]1CCOC1)c1ccc([N+](=O)[O-])nc1. The zero-order valence-corrected chi connectivity index (χ0v) is 9.70. The molecule has 17 heavy (non-hydrogen) atoms. The van der Waals surface area contributed by atoms with Gasteiger partial charge in [-0.05, 0) is 22.4 Å². The maximum absolute atomic E-state index is 10.5. The monoisotopic (exact) mass is 237 g/mol. The minimum atomic E-state index is -0.491. The summed E-state index contributed by atoms with van der Waals surface area (Å²) in [6.07, 6.45) is 2.61. The number of ether oxygens (including phenoxy) is 1. The van der Waals surface area contributed by atoms with Crippen molar-refractivity contribution in [2.24, 2.45) is 5.92 Å². The second kappa shape index (κ2) is 5.09. The Morgan fingerprint density at radius 3 is 3.00 bits per heavy atom. The predicted molar refractivity (Wildman–Crippen MR) is 63.1 cm³/mol. The van der Waals surface area contributed by atoms with Gasteiger partial charge in [0, 0.05) is 32.2 Å². The summed E-state index contributed by atoms with van der Waals surface area (Å²) in [6, 6.07) is 3.15. The van der Waals surface area contributed by atoms with Gasteiger partial charge in [-0.15, -0.1) is 0 Å². The van der Waals surface area contributed by atoms with Crippen LogP contribution in [0.5, 0.6) is 0 Å². The lowest BCUT2D eigenvalue weighted by Gasteiger charge is -2.20. The fourth-order valence-corrected chi connectivity index (χ4v) is 1.93. The van der Waals surface area contributed by atoms with E-state index < -0.39 is 4.92 Å². The van der Waals surface area contributed by atoms with E-state index in [9.17, 15) is 10.1 Å². The second-order valence-electron chi connectivity index (χ2n) is 4.24. The van der Waals surface area contributed by atoms with Gasteiger partial charge in [0.05, 0.1) is 12.3 Å². The quantitative estimate of drug-likeness (QED) is 0.585. The smallest absolute Gasteiger partial charge is 0.363 e. The van der Waals surface area contributed by atoms with E-state index in [-0.39, 0.29) is 5.82 Å². The molecule has 1 saturated heterocycles. The van der Waals surface area contributed by atoms with Crippen molar-refractivity contribution in [1.29, 1.82) is 0 Å². The van der Waals surface area contributed by atoms with Gasteiger partial charge in [-0.2, -0.15) is 0 Å². The number of nitro groups is 1. The number of hydrogen-bond donors (Lipinski definition) is 0. The molecule has 0 unspecified atom stereocenters. The highest BCUT2D eigenvalue weighted by atomic mass is 16.6. The van der Waals surface area contributed by atoms with Crippen LogP contribution in [0, 0.1) is 16.0 Å². The lowest BCUT2D eigenvalue weighted by Crippen LogP contribution is -2.25. The third kappa shape index (κ3) is 2.91. The standard InChI is InChI=1S/C11H15N3O3/c1-13(7-9-4-5-17-8-9)10-2-3-11(12-6-10)14(15)16/h2-3,6,9H,4-5,7-8H2,1H3/t9-/m0/s1. The van der Waals surface area contributed by atoms with E-state index in [2.05, 4.69) is 9.88 Å². The Morgan fingerprint density at radius 2 is 2.47 bits per heavy atom. The van der Waals surface area contributed by atoms with Crippen molar-refractivity contribution in [3.63, 3.8) is 0 Å². The van der Waals surface area contributed by atoms with Crippen molar-refractivity contribution in [1.82, 2.24) is 4.98 Å². The molecule has 1 aromatic heterocycles. The van der Waals surface area contributed by atoms with E-state index in [1.807, 2.05) is 7.05 Å². The first-order valence-electron chi connectivity index (χ1n) is 5.56. The molecule has 0 aromatic carbocycles. The van der Waals surface area contributed by atoms with Crippen LogP contribution < -0.4 is 4.90 Å². The minimum absolute atomic E-state index is 0.119. The Kier molecular flexibility index (Phi) is 3.53. The maximum atomic E-state index is 10.5. The first-order chi connectivity index (χ1) is 8.16. The first-order valence-corrected chi connectivity index (χ1v) is 5.56. The highest BCUT2D eigenvalue weighted by Crippen LogP contribution is 2.19. The van der Waals surface area contributed by atoms with E-state index in [4.69, 9.17) is 4.74 Å². The molecule has 0 N–H and O–H groups in total. The molecule has 2 rings (SSSR count). The molecule has 0 aliphatic carbocycles. The Bertz CT molecular complexity index is 387. The molecule has 0 amide bonds. The van der Waals surface area contributed by atoms with Crippen LogP contribution in [0.2, 0.25) is 0 Å². The average Bonchev–Trinajstić information content (AvgIpc) is 2.82. The van der Waals surface area contributed by atoms with Gasteiger partial charge in [0.25, 0.3) is 0 Å². The maximum Gasteiger partial charge on any atom is 0.363 e. The van der Waals surface area contributed by atoms with Gasteiger partial charge in [-0.1, -0.05) is 0 Å². The van der Waals surface area contributed by atoms with E-state index in [1.165, 1.54) is 12.3 Å². The average molecular weight is 237 g/mol. The van der Waals surface area contributed by atoms with Gasteiger partial charge in [0.15, 0.2) is 6.20 Å². The van der Waals surface area contributed by atoms with Gasteiger partial charge in [-0.25, -0.2) is 0 Å². The lowest BCUT2D eigenvalue weighted by molar-refractivity contribution is -0.389. The van der Waals surface area contributed by atoms with Crippen LogP contribution >= 0.6 is 0 Å². The fourth-order valence-electron chi connectivity index (χ4n) is 1.93. The van der Waals surface area contributed by atoms with Gasteiger partial charge < -0.3 is 19.8 Å². The number of rotatable bonds is 4. The van der Waals surface area contributed by atoms with Crippen LogP contribution in [-0.4, -0.2) is 36.7 Å². The van der Waals surface area contributed by atoms with E-state index >= 15 is 0 Å². The predicted octanol–water partition coefficient (Wildman–Crippen LogP) is 1.46. The molecule has 6 nitrogen and oxygen atoms in total. The van der Waals surface area contributed by atoms with Crippen LogP contribution in [0.15, 0.2) is 18.3 Å². The molecule has 1 aliphatic rings. The Hall–Kier alpha value is -1.69. The van der Waals surface area contributed by atoms with E-state index in [0.717, 1.165) is 31.9 Å². The van der Waals surface area contributed by atoms with Crippen LogP contribution in [0.4, 0.5) is 11.5 Å². The van der Waals surface area contributed by atoms with Gasteiger partial charge in [0.1, 0.15) is 0 Å². The molecule has 0 radical (unpaired) electrons. The Balaban J connectivity index is 1.98. The molecular weight excluding hydrogens is 222 g/mol. The molecule has 1 atom stereocenters. The number of hydrogen-bond acceptors (Lipinski definition) is 5.